The van der Waals surface area contributed by atoms with Gasteiger partial charge in [0.05, 0.1) is 0 Å². The van der Waals surface area contributed by atoms with E-state index in [0.717, 1.165) is 0 Å². The summed E-state index contributed by atoms with van der Waals surface area (Å²) in [6.07, 6.45) is 0. The van der Waals surface area contributed by atoms with Crippen LogP contribution in [0.3, 0.4) is 0 Å². The van der Waals surface area contributed by atoms with E-state index >= 15 is 0 Å². The molecule has 0 heterocycles. The third-order valence-corrected chi connectivity index (χ3v) is 0. The molecule has 0 aliphatic heterocycles. The molecular weight excluding hydrogens is 171 g/mol. The lowest BCUT2D eigenvalue weighted by atomic mass is 11.3. The van der Waals surface area contributed by atoms with E-state index in [1.165, 1.54) is 0 Å². The first-order chi connectivity index (χ1) is 3.00. The normalized spacial score (nSPS) is 1.20. The van der Waals surface area contributed by atoms with Crippen LogP contribution in [-0.4, -0.2) is 0 Å². The second kappa shape index (κ2) is 6630. The molecule has 0 rings (SSSR count). The second-order valence-electron chi connectivity index (χ2n) is 0. The molecule has 0 unspecified atom stereocenters. The highest BCUT2D eigenvalue weighted by atomic mass is 35.5. The van der Waals surface area contributed by atoms with E-state index in [4.69, 9.17) is 0 Å². The molecule has 0 saturated heterocycles. The van der Waals surface area contributed by atoms with E-state index in [0.29, 0.717) is 0 Å². The first-order valence-electron chi connectivity index (χ1n) is 1.50. The summed E-state index contributed by atoms with van der Waals surface area (Å²) in [7, 11) is 0. The van der Waals surface area contributed by atoms with Crippen LogP contribution in [0.5, 0.6) is 0 Å². The van der Waals surface area contributed by atoms with E-state index < -0.39 is 0 Å². The van der Waals surface area contributed by atoms with Crippen LogP contribution in [0.15, 0.2) is 39.5 Å². The fraction of sp³-hybridized carbons (Fsp3) is 0. The lowest BCUT2D eigenvalue weighted by Crippen LogP contribution is -0.552. The van der Waals surface area contributed by atoms with Gasteiger partial charge < -0.3 is 12.3 Å². The van der Waals surface area contributed by atoms with E-state index in [1.807, 2.05) is 0 Å². The van der Waals surface area contributed by atoms with Crippen LogP contribution in [0.1, 0.15) is 0 Å². The predicted octanol–water partition coefficient (Wildman–Crippen LogP) is 3.57. The molecule has 0 atom stereocenters. The van der Waals surface area contributed by atoms with Crippen LogP contribution >= 0.6 is 24.8 Å². The maximum atomic E-state index is 3.00. The van der Waals surface area contributed by atoms with Crippen molar-refractivity contribution in [3.63, 3.8) is 0 Å². The van der Waals surface area contributed by atoms with Crippen LogP contribution < -0.4 is 12.3 Å². The Kier molecular flexibility index (Phi) is 66200. The first-order valence-corrected chi connectivity index (χ1v) is 1.50. The molecule has 2 nitrogen and oxygen atoms in total. The SMILES string of the molecule is C=C.C=C.C=C.Cl.Cl.N.N. The van der Waals surface area contributed by atoms with Crippen molar-refractivity contribution < 1.29 is 0 Å². The summed E-state index contributed by atoms with van der Waals surface area (Å²) in [6, 6.07) is 0. The van der Waals surface area contributed by atoms with Crippen molar-refractivity contribution >= 4 is 24.8 Å². The van der Waals surface area contributed by atoms with Crippen LogP contribution in [0.2, 0.25) is 0 Å². The Morgan fingerprint density at radius 3 is 0.400 bits per heavy atom. The quantitative estimate of drug-likeness (QED) is 0.574. The summed E-state index contributed by atoms with van der Waals surface area (Å²) in [5, 5.41) is 0. The maximum absolute atomic E-state index is 3.00. The molecule has 0 bridgehead atoms. The van der Waals surface area contributed by atoms with Crippen molar-refractivity contribution in [1.82, 2.24) is 12.3 Å². The minimum atomic E-state index is 0. The zero-order valence-electron chi connectivity index (χ0n) is 6.47. The number of halogens is 2. The van der Waals surface area contributed by atoms with Crippen molar-refractivity contribution in [2.75, 3.05) is 0 Å². The fourth-order valence-electron chi connectivity index (χ4n) is 0. The standard InChI is InChI=1S/3C2H4.2ClH.2H3N/c3*1-2;;;;/h3*1-2H2;2*1H;2*1H3. The van der Waals surface area contributed by atoms with Gasteiger partial charge in [0.1, 0.15) is 0 Å². The van der Waals surface area contributed by atoms with Gasteiger partial charge in [-0.15, -0.1) is 64.3 Å². The van der Waals surface area contributed by atoms with Gasteiger partial charge in [0, 0.05) is 0 Å². The van der Waals surface area contributed by atoms with Gasteiger partial charge in [-0.05, 0) is 0 Å². The number of rotatable bonds is 0. The molecule has 0 spiro atoms. The van der Waals surface area contributed by atoms with E-state index in [1.54, 1.807) is 0 Å². The summed E-state index contributed by atoms with van der Waals surface area (Å²) in [5.41, 5.74) is 0. The van der Waals surface area contributed by atoms with E-state index in [9.17, 15) is 0 Å². The molecule has 0 radical (unpaired) electrons. The van der Waals surface area contributed by atoms with Crippen LogP contribution in [0.4, 0.5) is 0 Å². The fourth-order valence-corrected chi connectivity index (χ4v) is 0. The third-order valence-electron chi connectivity index (χ3n) is 0. The van der Waals surface area contributed by atoms with Gasteiger partial charge in [0.15, 0.2) is 0 Å². The first kappa shape index (κ1) is 99.9. The Morgan fingerprint density at radius 1 is 0.400 bits per heavy atom. The van der Waals surface area contributed by atoms with Gasteiger partial charge in [-0.2, -0.15) is 0 Å². The van der Waals surface area contributed by atoms with Gasteiger partial charge >= 0.3 is 0 Å². The minimum Gasteiger partial charge on any atom is -0.344 e. The molecular formula is C6H20Cl2N2. The van der Waals surface area contributed by atoms with Crippen LogP contribution in [-0.2, 0) is 0 Å². The van der Waals surface area contributed by atoms with Crippen molar-refractivity contribution in [3.05, 3.63) is 39.5 Å². The Hall–Kier alpha value is -0.280. The predicted molar refractivity (Wildman–Crippen MR) is 58.3 cm³/mol. The molecule has 10 heavy (non-hydrogen) atoms. The Morgan fingerprint density at radius 2 is 0.400 bits per heavy atom. The summed E-state index contributed by atoms with van der Waals surface area (Å²) < 4.78 is 0. The topological polar surface area (TPSA) is 70.0 Å². The second-order valence-corrected chi connectivity index (χ2v) is 0. The summed E-state index contributed by atoms with van der Waals surface area (Å²) in [4.78, 5) is 0. The van der Waals surface area contributed by atoms with Gasteiger partial charge in [-0.25, -0.2) is 0 Å². The highest BCUT2D eigenvalue weighted by Crippen LogP contribution is 0.866. The van der Waals surface area contributed by atoms with Crippen molar-refractivity contribution in [1.29, 1.82) is 0 Å². The molecule has 6 N–H and O–H groups in total. The summed E-state index contributed by atoms with van der Waals surface area (Å²) in [5.74, 6) is 0. The largest absolute Gasteiger partial charge is 0.344 e. The van der Waals surface area contributed by atoms with Gasteiger partial charge in [0.2, 0.25) is 0 Å². The molecule has 0 fully saturated rings. The Labute approximate surface area is 77.1 Å². The number of hydrogen-bond acceptors (Lipinski definition) is 2. The molecule has 0 aromatic carbocycles. The van der Waals surface area contributed by atoms with Crippen molar-refractivity contribution in [3.8, 4) is 0 Å². The molecule has 0 aromatic heterocycles. The molecule has 4 heteroatoms. The van der Waals surface area contributed by atoms with Gasteiger partial charge in [0.25, 0.3) is 0 Å². The van der Waals surface area contributed by atoms with Crippen molar-refractivity contribution in [2.24, 2.45) is 0 Å². The molecule has 0 saturated carbocycles. The summed E-state index contributed by atoms with van der Waals surface area (Å²) >= 11 is 0. The molecule has 0 amide bonds. The van der Waals surface area contributed by atoms with Crippen LogP contribution in [0.25, 0.3) is 0 Å². The van der Waals surface area contributed by atoms with Crippen LogP contribution in [0, 0.1) is 0 Å². The monoisotopic (exact) mass is 190 g/mol. The van der Waals surface area contributed by atoms with E-state index in [-0.39, 0.29) is 37.1 Å². The smallest absolute Gasteiger partial charge is 0.106 e. The Bertz CT molecular complexity index is 18.5. The van der Waals surface area contributed by atoms with Gasteiger partial charge in [-0.3, -0.25) is 0 Å². The third kappa shape index (κ3) is 4450. The molecule has 0 aliphatic rings. The maximum Gasteiger partial charge on any atom is -0.106 e. The average Bonchev–Trinajstić information content (AvgIpc) is 1.81. The molecule has 68 valence electrons. The average molecular weight is 191 g/mol. The zero-order chi connectivity index (χ0) is 6.00. The summed E-state index contributed by atoms with van der Waals surface area (Å²) in [6.45, 7) is 18.0. The highest BCUT2D eigenvalue weighted by molar-refractivity contribution is 5.85. The number of hydrogen-bond donors (Lipinski definition) is 2. The van der Waals surface area contributed by atoms with Crippen molar-refractivity contribution in [2.45, 2.75) is 0 Å². The Balaban J connectivity index is -0.00000000225. The minimum absolute atomic E-state index is 0. The molecule has 0 aliphatic carbocycles. The lowest BCUT2D eigenvalue weighted by molar-refractivity contribution is 2.13. The zero-order valence-corrected chi connectivity index (χ0v) is 8.11. The highest BCUT2D eigenvalue weighted by Gasteiger charge is 0.605. The van der Waals surface area contributed by atoms with E-state index in [2.05, 4.69) is 39.5 Å². The molecule has 0 aromatic rings. The lowest BCUT2D eigenvalue weighted by Gasteiger charge is -0.813. The van der Waals surface area contributed by atoms with Gasteiger partial charge in [-0.1, -0.05) is 0 Å².